The van der Waals surface area contributed by atoms with Gasteiger partial charge >= 0.3 is 5.97 Å². The Hall–Kier alpha value is -1.91. The Labute approximate surface area is 167 Å². The van der Waals surface area contributed by atoms with Crippen molar-refractivity contribution in [2.24, 2.45) is 0 Å². The van der Waals surface area contributed by atoms with Crippen LogP contribution >= 0.6 is 0 Å². The highest BCUT2D eigenvalue weighted by atomic mass is 16.6. The van der Waals surface area contributed by atoms with Crippen LogP contribution in [0.2, 0.25) is 0 Å². The summed E-state index contributed by atoms with van der Waals surface area (Å²) in [5.74, 6) is -0.180. The number of carbonyl (C=O) groups is 1. The normalized spacial score (nSPS) is 25.8. The van der Waals surface area contributed by atoms with Crippen LogP contribution in [0.3, 0.4) is 0 Å². The van der Waals surface area contributed by atoms with Crippen molar-refractivity contribution in [3.8, 4) is 0 Å². The van der Waals surface area contributed by atoms with Crippen molar-refractivity contribution < 1.29 is 14.3 Å². The van der Waals surface area contributed by atoms with E-state index < -0.39 is 0 Å². The molecule has 2 aromatic carbocycles. The van der Waals surface area contributed by atoms with Gasteiger partial charge in [0.25, 0.3) is 0 Å². The van der Waals surface area contributed by atoms with Crippen molar-refractivity contribution >= 4 is 16.7 Å². The summed E-state index contributed by atoms with van der Waals surface area (Å²) in [6.07, 6.45) is 7.83. The molecule has 150 valence electrons. The van der Waals surface area contributed by atoms with Gasteiger partial charge in [0.2, 0.25) is 0 Å². The van der Waals surface area contributed by atoms with Gasteiger partial charge in [-0.25, -0.2) is 0 Å². The minimum absolute atomic E-state index is 0.0650. The third-order valence-electron chi connectivity index (χ3n) is 6.22. The smallest absolute Gasteiger partial charge is 0.304 e. The van der Waals surface area contributed by atoms with E-state index in [0.29, 0.717) is 6.04 Å². The average Bonchev–Trinajstić information content (AvgIpc) is 3.16. The van der Waals surface area contributed by atoms with Gasteiger partial charge in [-0.15, -0.1) is 0 Å². The Balaban J connectivity index is 1.39. The molecule has 1 heterocycles. The monoisotopic (exact) mass is 381 g/mol. The highest BCUT2D eigenvalue weighted by Gasteiger charge is 2.38. The van der Waals surface area contributed by atoms with Gasteiger partial charge in [0, 0.05) is 19.5 Å². The molecule has 1 aliphatic carbocycles. The van der Waals surface area contributed by atoms with Crippen LogP contribution in [-0.4, -0.2) is 42.4 Å². The second-order valence-electron chi connectivity index (χ2n) is 8.09. The predicted molar refractivity (Wildman–Crippen MR) is 111 cm³/mol. The van der Waals surface area contributed by atoms with Crippen molar-refractivity contribution in [3.05, 3.63) is 48.0 Å². The fraction of sp³-hybridized carbons (Fsp3) is 0.542. The molecular formula is C24H31NO3. The first kappa shape index (κ1) is 19.4. The summed E-state index contributed by atoms with van der Waals surface area (Å²) in [4.78, 5) is 13.9. The predicted octanol–water partition coefficient (Wildman–Crippen LogP) is 4.70. The van der Waals surface area contributed by atoms with Crippen LogP contribution in [0.1, 0.15) is 51.0 Å². The molecule has 1 saturated heterocycles. The molecule has 2 fully saturated rings. The zero-order chi connectivity index (χ0) is 19.3. The molecule has 0 amide bonds. The lowest BCUT2D eigenvalue weighted by Gasteiger charge is -2.40. The van der Waals surface area contributed by atoms with E-state index in [1.807, 2.05) is 0 Å². The molecule has 4 heteroatoms. The zero-order valence-corrected chi connectivity index (χ0v) is 16.8. The van der Waals surface area contributed by atoms with Gasteiger partial charge in [0.1, 0.15) is 0 Å². The van der Waals surface area contributed by atoms with Crippen LogP contribution in [-0.2, 0) is 20.7 Å². The number of rotatable bonds is 6. The molecule has 1 saturated carbocycles. The third-order valence-corrected chi connectivity index (χ3v) is 6.22. The molecule has 0 spiro atoms. The molecule has 1 unspecified atom stereocenters. The van der Waals surface area contributed by atoms with Crippen LogP contribution in [0.4, 0.5) is 0 Å². The highest BCUT2D eigenvalue weighted by molar-refractivity contribution is 5.85. The quantitative estimate of drug-likeness (QED) is 0.680. The second kappa shape index (κ2) is 9.06. The zero-order valence-electron chi connectivity index (χ0n) is 16.8. The molecular weight excluding hydrogens is 350 g/mol. The number of benzene rings is 2. The van der Waals surface area contributed by atoms with E-state index in [2.05, 4.69) is 47.4 Å². The van der Waals surface area contributed by atoms with Gasteiger partial charge in [-0.2, -0.15) is 0 Å². The maximum Gasteiger partial charge on any atom is 0.304 e. The molecule has 2 aliphatic rings. The molecule has 0 N–H and O–H groups in total. The molecule has 1 aliphatic heterocycles. The Morgan fingerprint density at radius 1 is 1.04 bits per heavy atom. The number of nitrogens with zero attached hydrogens (tertiary/aromatic N) is 1. The fourth-order valence-electron chi connectivity index (χ4n) is 4.94. The second-order valence-corrected chi connectivity index (χ2v) is 8.09. The van der Waals surface area contributed by atoms with Crippen LogP contribution in [0.15, 0.2) is 42.5 Å². The van der Waals surface area contributed by atoms with Crippen LogP contribution in [0.25, 0.3) is 10.8 Å². The van der Waals surface area contributed by atoms with E-state index in [1.165, 1.54) is 36.1 Å². The topological polar surface area (TPSA) is 38.8 Å². The minimum Gasteiger partial charge on any atom is -0.447 e. The maximum atomic E-state index is 11.5. The summed E-state index contributed by atoms with van der Waals surface area (Å²) in [6, 6.07) is 15.4. The number of esters is 1. The molecule has 0 aromatic heterocycles. The summed E-state index contributed by atoms with van der Waals surface area (Å²) in [5, 5.41) is 2.61. The van der Waals surface area contributed by atoms with Gasteiger partial charge in [-0.3, -0.25) is 9.69 Å². The first-order valence-electron chi connectivity index (χ1n) is 10.7. The number of hydrogen-bond donors (Lipinski definition) is 0. The van der Waals surface area contributed by atoms with Crippen molar-refractivity contribution in [1.82, 2.24) is 4.90 Å². The third kappa shape index (κ3) is 4.39. The summed E-state index contributed by atoms with van der Waals surface area (Å²) < 4.78 is 12.0. The lowest BCUT2D eigenvalue weighted by molar-refractivity contribution is -0.160. The number of carbonyl (C=O) groups excluding carboxylic acids is 1. The first-order valence-corrected chi connectivity index (χ1v) is 10.7. The van der Waals surface area contributed by atoms with Crippen LogP contribution in [0, 0.1) is 0 Å². The summed E-state index contributed by atoms with van der Waals surface area (Å²) in [7, 11) is 0. The SMILES string of the molecule is CC(=O)OC1CCCN1[C@@H]1CCCC[C@H]1OCCc1cccc2ccccc12. The first-order chi connectivity index (χ1) is 13.7. The molecule has 0 bridgehead atoms. The lowest BCUT2D eigenvalue weighted by Crippen LogP contribution is -2.49. The lowest BCUT2D eigenvalue weighted by atomic mass is 9.91. The fourth-order valence-corrected chi connectivity index (χ4v) is 4.94. The van der Waals surface area contributed by atoms with Crippen LogP contribution < -0.4 is 0 Å². The van der Waals surface area contributed by atoms with E-state index in [4.69, 9.17) is 9.47 Å². The van der Waals surface area contributed by atoms with Gasteiger partial charge in [-0.1, -0.05) is 55.3 Å². The average molecular weight is 382 g/mol. The van der Waals surface area contributed by atoms with E-state index in [1.54, 1.807) is 0 Å². The molecule has 3 atom stereocenters. The Bertz CT molecular complexity index is 800. The van der Waals surface area contributed by atoms with Gasteiger partial charge in [0.05, 0.1) is 12.7 Å². The molecule has 0 radical (unpaired) electrons. The summed E-state index contributed by atoms with van der Waals surface area (Å²) in [5.41, 5.74) is 1.35. The standard InChI is InChI=1S/C24H31NO3/c1-18(26)28-24-14-7-16-25(24)22-12-4-5-13-23(22)27-17-15-20-10-6-9-19-8-2-3-11-21(19)20/h2-3,6,8-11,22-24H,4-5,7,12-17H2,1H3/t22-,23-,24?/m1/s1. The van der Waals surface area contributed by atoms with E-state index >= 15 is 0 Å². The maximum absolute atomic E-state index is 11.5. The van der Waals surface area contributed by atoms with E-state index in [9.17, 15) is 4.79 Å². The summed E-state index contributed by atoms with van der Waals surface area (Å²) in [6.45, 7) is 3.25. The number of likely N-dealkylation sites (tertiary alicyclic amines) is 1. The molecule has 4 rings (SSSR count). The van der Waals surface area contributed by atoms with Crippen molar-refractivity contribution in [3.63, 3.8) is 0 Å². The summed E-state index contributed by atoms with van der Waals surface area (Å²) >= 11 is 0. The van der Waals surface area contributed by atoms with E-state index in [0.717, 1.165) is 45.3 Å². The van der Waals surface area contributed by atoms with Crippen molar-refractivity contribution in [1.29, 1.82) is 0 Å². The van der Waals surface area contributed by atoms with Gasteiger partial charge < -0.3 is 9.47 Å². The Morgan fingerprint density at radius 2 is 1.86 bits per heavy atom. The largest absolute Gasteiger partial charge is 0.447 e. The Morgan fingerprint density at radius 3 is 2.75 bits per heavy atom. The number of hydrogen-bond acceptors (Lipinski definition) is 4. The van der Waals surface area contributed by atoms with Crippen LogP contribution in [0.5, 0.6) is 0 Å². The number of fused-ring (bicyclic) bond motifs is 1. The Kier molecular flexibility index (Phi) is 6.28. The van der Waals surface area contributed by atoms with E-state index in [-0.39, 0.29) is 18.3 Å². The van der Waals surface area contributed by atoms with Gasteiger partial charge in [0.15, 0.2) is 6.23 Å². The molecule has 4 nitrogen and oxygen atoms in total. The molecule has 2 aromatic rings. The number of ether oxygens (including phenoxy) is 2. The van der Waals surface area contributed by atoms with Crippen molar-refractivity contribution in [2.45, 2.75) is 70.2 Å². The van der Waals surface area contributed by atoms with Gasteiger partial charge in [-0.05, 0) is 48.4 Å². The minimum atomic E-state index is -0.180. The molecule has 28 heavy (non-hydrogen) atoms. The van der Waals surface area contributed by atoms with Crippen molar-refractivity contribution in [2.75, 3.05) is 13.2 Å². The highest BCUT2D eigenvalue weighted by Crippen LogP contribution is 2.32.